The van der Waals surface area contributed by atoms with Gasteiger partial charge in [0.2, 0.25) is 0 Å². The van der Waals surface area contributed by atoms with Gasteiger partial charge in [-0.1, -0.05) is 6.92 Å². The Labute approximate surface area is 90.9 Å². The minimum atomic E-state index is 0.666. The fourth-order valence-electron chi connectivity index (χ4n) is 2.81. The number of aromatic nitrogens is 2. The molecule has 0 amide bonds. The van der Waals surface area contributed by atoms with Gasteiger partial charge < -0.3 is 9.88 Å². The average Bonchev–Trinajstić information content (AvgIpc) is 2.83. The van der Waals surface area contributed by atoms with Crippen LogP contribution in [0.1, 0.15) is 50.3 Å². The zero-order chi connectivity index (χ0) is 10.3. The fourth-order valence-corrected chi connectivity index (χ4v) is 2.81. The van der Waals surface area contributed by atoms with Crippen molar-refractivity contribution in [2.75, 3.05) is 6.54 Å². The van der Waals surface area contributed by atoms with Crippen LogP contribution in [0.5, 0.6) is 0 Å². The van der Waals surface area contributed by atoms with Gasteiger partial charge in [0, 0.05) is 29.9 Å². The minimum absolute atomic E-state index is 0.666. The van der Waals surface area contributed by atoms with Gasteiger partial charge in [-0.3, -0.25) is 0 Å². The van der Waals surface area contributed by atoms with Crippen LogP contribution in [-0.4, -0.2) is 22.1 Å². The second-order valence-electron chi connectivity index (χ2n) is 4.82. The molecule has 1 saturated heterocycles. The lowest BCUT2D eigenvalue weighted by Gasteiger charge is -2.19. The molecule has 1 N–H and O–H groups in total. The second-order valence-corrected chi connectivity index (χ2v) is 4.82. The highest BCUT2D eigenvalue weighted by atomic mass is 15.1. The number of imidazole rings is 1. The molecule has 3 rings (SSSR count). The van der Waals surface area contributed by atoms with Crippen molar-refractivity contribution >= 4 is 0 Å². The van der Waals surface area contributed by atoms with Crippen molar-refractivity contribution in [3.05, 3.63) is 18.2 Å². The van der Waals surface area contributed by atoms with Crippen molar-refractivity contribution < 1.29 is 0 Å². The molecule has 1 saturated carbocycles. The first-order chi connectivity index (χ1) is 7.40. The summed E-state index contributed by atoms with van der Waals surface area (Å²) in [6, 6.07) is 1.43. The quantitative estimate of drug-likeness (QED) is 0.818. The molecule has 82 valence electrons. The number of nitrogens with zero attached hydrogens (tertiary/aromatic N) is 2. The summed E-state index contributed by atoms with van der Waals surface area (Å²) < 4.78 is 2.42. The van der Waals surface area contributed by atoms with Gasteiger partial charge in [-0.2, -0.15) is 0 Å². The van der Waals surface area contributed by atoms with E-state index in [0.29, 0.717) is 12.0 Å². The van der Waals surface area contributed by atoms with Crippen molar-refractivity contribution in [3.63, 3.8) is 0 Å². The third-order valence-corrected chi connectivity index (χ3v) is 3.80. The Bertz CT molecular complexity index is 340. The molecule has 1 aromatic heterocycles. The summed E-state index contributed by atoms with van der Waals surface area (Å²) in [7, 11) is 0. The average molecular weight is 205 g/mol. The first kappa shape index (κ1) is 9.40. The van der Waals surface area contributed by atoms with E-state index in [9.17, 15) is 0 Å². The highest BCUT2D eigenvalue weighted by molar-refractivity contribution is 5.14. The summed E-state index contributed by atoms with van der Waals surface area (Å²) in [5.41, 5.74) is 1.47. The lowest BCUT2D eigenvalue weighted by Crippen LogP contribution is -2.25. The summed E-state index contributed by atoms with van der Waals surface area (Å²) in [5.74, 6) is 0.693. The molecule has 0 spiro atoms. The first-order valence-electron chi connectivity index (χ1n) is 6.15. The number of hydrogen-bond acceptors (Lipinski definition) is 2. The molecule has 0 radical (unpaired) electrons. The summed E-state index contributed by atoms with van der Waals surface area (Å²) in [5, 5.41) is 3.59. The summed E-state index contributed by atoms with van der Waals surface area (Å²) >= 11 is 0. The van der Waals surface area contributed by atoms with E-state index in [1.807, 2.05) is 6.33 Å². The van der Waals surface area contributed by atoms with Crippen LogP contribution >= 0.6 is 0 Å². The number of nitrogens with one attached hydrogen (secondary N) is 1. The predicted octanol–water partition coefficient (Wildman–Crippen LogP) is 2.07. The van der Waals surface area contributed by atoms with E-state index in [2.05, 4.69) is 28.0 Å². The molecule has 2 atom stereocenters. The molecule has 3 heteroatoms. The van der Waals surface area contributed by atoms with E-state index in [-0.39, 0.29) is 0 Å². The zero-order valence-electron chi connectivity index (χ0n) is 9.32. The lowest BCUT2D eigenvalue weighted by atomic mass is 9.95. The van der Waals surface area contributed by atoms with Gasteiger partial charge in [0.1, 0.15) is 0 Å². The summed E-state index contributed by atoms with van der Waals surface area (Å²) in [6.07, 6.45) is 9.30. The highest BCUT2D eigenvalue weighted by Crippen LogP contribution is 2.39. The fraction of sp³-hybridized carbons (Fsp3) is 0.750. The maximum Gasteiger partial charge on any atom is 0.0950 e. The molecule has 2 heterocycles. The smallest absolute Gasteiger partial charge is 0.0950 e. The van der Waals surface area contributed by atoms with Crippen LogP contribution in [-0.2, 0) is 0 Å². The van der Waals surface area contributed by atoms with E-state index in [1.165, 1.54) is 37.9 Å². The largest absolute Gasteiger partial charge is 0.331 e. The van der Waals surface area contributed by atoms with E-state index in [1.54, 1.807) is 0 Å². The van der Waals surface area contributed by atoms with Gasteiger partial charge in [-0.15, -0.1) is 0 Å². The molecular formula is C12H19N3. The molecule has 2 fully saturated rings. The van der Waals surface area contributed by atoms with Gasteiger partial charge in [-0.05, 0) is 32.2 Å². The Kier molecular flexibility index (Phi) is 2.28. The highest BCUT2D eigenvalue weighted by Gasteiger charge is 2.33. The van der Waals surface area contributed by atoms with Gasteiger partial charge >= 0.3 is 0 Å². The van der Waals surface area contributed by atoms with Crippen LogP contribution in [0, 0.1) is 0 Å². The molecule has 1 aliphatic heterocycles. The normalized spacial score (nSPS) is 31.0. The molecular weight excluding hydrogens is 186 g/mol. The standard InChI is InChI=1S/C12H19N3/c1-2-11-10(5-6-14-11)12-7-13-8-15(12)9-3-4-9/h7-11,14H,2-6H2,1H3. The van der Waals surface area contributed by atoms with E-state index >= 15 is 0 Å². The topological polar surface area (TPSA) is 29.9 Å². The van der Waals surface area contributed by atoms with Crippen LogP contribution in [0.25, 0.3) is 0 Å². The maximum atomic E-state index is 4.33. The lowest BCUT2D eigenvalue weighted by molar-refractivity contribution is 0.502. The van der Waals surface area contributed by atoms with Crippen LogP contribution in [0.3, 0.4) is 0 Å². The number of hydrogen-bond donors (Lipinski definition) is 1. The van der Waals surface area contributed by atoms with E-state index < -0.39 is 0 Å². The van der Waals surface area contributed by atoms with Crippen LogP contribution in [0.15, 0.2) is 12.5 Å². The Morgan fingerprint density at radius 3 is 3.07 bits per heavy atom. The van der Waals surface area contributed by atoms with Crippen molar-refractivity contribution in [3.8, 4) is 0 Å². The van der Waals surface area contributed by atoms with Crippen LogP contribution in [0.4, 0.5) is 0 Å². The molecule has 2 unspecified atom stereocenters. The summed E-state index contributed by atoms with van der Waals surface area (Å²) in [6.45, 7) is 3.44. The Morgan fingerprint density at radius 1 is 1.47 bits per heavy atom. The minimum Gasteiger partial charge on any atom is -0.331 e. The third-order valence-electron chi connectivity index (χ3n) is 3.80. The predicted molar refractivity (Wildman–Crippen MR) is 59.9 cm³/mol. The second kappa shape index (κ2) is 3.63. The van der Waals surface area contributed by atoms with Crippen LogP contribution < -0.4 is 5.32 Å². The van der Waals surface area contributed by atoms with Gasteiger partial charge in [-0.25, -0.2) is 4.98 Å². The van der Waals surface area contributed by atoms with Gasteiger partial charge in [0.25, 0.3) is 0 Å². The van der Waals surface area contributed by atoms with Crippen molar-refractivity contribution in [1.82, 2.24) is 14.9 Å². The third kappa shape index (κ3) is 1.59. The molecule has 0 aromatic carbocycles. The van der Waals surface area contributed by atoms with Crippen molar-refractivity contribution in [2.45, 2.75) is 50.6 Å². The van der Waals surface area contributed by atoms with Crippen LogP contribution in [0.2, 0.25) is 0 Å². The van der Waals surface area contributed by atoms with Gasteiger partial charge in [0.15, 0.2) is 0 Å². The zero-order valence-corrected chi connectivity index (χ0v) is 9.32. The molecule has 3 nitrogen and oxygen atoms in total. The Balaban J connectivity index is 1.87. The first-order valence-corrected chi connectivity index (χ1v) is 6.15. The van der Waals surface area contributed by atoms with E-state index in [0.717, 1.165) is 6.04 Å². The van der Waals surface area contributed by atoms with Gasteiger partial charge in [0.05, 0.1) is 6.33 Å². The Hall–Kier alpha value is -0.830. The van der Waals surface area contributed by atoms with E-state index in [4.69, 9.17) is 0 Å². The summed E-state index contributed by atoms with van der Waals surface area (Å²) in [4.78, 5) is 4.33. The monoisotopic (exact) mass is 205 g/mol. The molecule has 2 aliphatic rings. The molecule has 1 aliphatic carbocycles. The Morgan fingerprint density at radius 2 is 2.33 bits per heavy atom. The van der Waals surface area contributed by atoms with Crippen molar-refractivity contribution in [2.24, 2.45) is 0 Å². The molecule has 0 bridgehead atoms. The number of rotatable bonds is 3. The molecule has 15 heavy (non-hydrogen) atoms. The molecule has 1 aromatic rings. The SMILES string of the molecule is CCC1NCCC1c1cncn1C1CC1. The van der Waals surface area contributed by atoms with Crippen molar-refractivity contribution in [1.29, 1.82) is 0 Å². The maximum absolute atomic E-state index is 4.33.